The van der Waals surface area contributed by atoms with Gasteiger partial charge in [-0.2, -0.15) is 12.6 Å². The Bertz CT molecular complexity index is 494. The monoisotopic (exact) mass is 316 g/mol. The number of thiol groups is 1. The highest BCUT2D eigenvalue weighted by Gasteiger charge is 2.30. The Morgan fingerprint density at radius 3 is 2.82 bits per heavy atom. The number of carbonyl (C=O) groups excluding carboxylic acids is 1. The quantitative estimate of drug-likeness (QED) is 0.813. The molecule has 1 aromatic heterocycles. The fraction of sp³-hybridized carbons (Fsp3) is 0.300. The molecule has 1 saturated heterocycles. The first-order valence-corrected chi connectivity index (χ1v) is 6.17. The van der Waals surface area contributed by atoms with E-state index in [4.69, 9.17) is 5.11 Å². The van der Waals surface area contributed by atoms with Gasteiger partial charge in [0.25, 0.3) is 0 Å². The van der Waals surface area contributed by atoms with Gasteiger partial charge >= 0.3 is 5.97 Å². The smallest absolute Gasteiger partial charge is 0.337 e. The van der Waals surface area contributed by atoms with Gasteiger partial charge in [-0.25, -0.2) is 9.78 Å². The summed E-state index contributed by atoms with van der Waals surface area (Å²) in [4.78, 5) is 27.9. The first-order valence-electron chi connectivity index (χ1n) is 4.86. The molecule has 2 rings (SSSR count). The summed E-state index contributed by atoms with van der Waals surface area (Å²) in [6, 6.07) is 1.43. The van der Waals surface area contributed by atoms with Crippen molar-refractivity contribution in [3.05, 3.63) is 22.3 Å². The third kappa shape index (κ3) is 2.44. The van der Waals surface area contributed by atoms with Gasteiger partial charge in [0.05, 0.1) is 10.0 Å². The van der Waals surface area contributed by atoms with Crippen molar-refractivity contribution in [3.8, 4) is 0 Å². The molecule has 1 aromatic rings. The van der Waals surface area contributed by atoms with E-state index in [2.05, 4.69) is 33.5 Å². The predicted octanol–water partition coefficient (Wildman–Crippen LogP) is 1.58. The molecule has 1 atom stereocenters. The summed E-state index contributed by atoms with van der Waals surface area (Å²) >= 11 is 7.48. The molecule has 1 aliphatic rings. The van der Waals surface area contributed by atoms with E-state index in [-0.39, 0.29) is 16.7 Å². The van der Waals surface area contributed by atoms with Crippen molar-refractivity contribution in [2.45, 2.75) is 11.7 Å². The summed E-state index contributed by atoms with van der Waals surface area (Å²) in [6.07, 6.45) is 1.61. The number of anilines is 1. The van der Waals surface area contributed by atoms with Crippen LogP contribution in [-0.2, 0) is 4.79 Å². The Hall–Kier alpha value is -1.08. The maximum absolute atomic E-state index is 11.7. The van der Waals surface area contributed by atoms with Crippen LogP contribution in [0.3, 0.4) is 0 Å². The van der Waals surface area contributed by atoms with Gasteiger partial charge in [0.15, 0.2) is 0 Å². The van der Waals surface area contributed by atoms with Gasteiger partial charge in [0.1, 0.15) is 5.82 Å². The lowest BCUT2D eigenvalue weighted by Gasteiger charge is -2.16. The van der Waals surface area contributed by atoms with E-state index in [0.717, 1.165) is 0 Å². The molecule has 0 saturated carbocycles. The zero-order valence-electron chi connectivity index (χ0n) is 8.63. The summed E-state index contributed by atoms with van der Waals surface area (Å²) in [5.74, 6) is -0.664. The number of amides is 1. The molecule has 1 N–H and O–H groups in total. The largest absolute Gasteiger partial charge is 0.478 e. The number of carboxylic acids is 1. The molecule has 1 aliphatic heterocycles. The van der Waals surface area contributed by atoms with E-state index >= 15 is 0 Å². The fourth-order valence-corrected chi connectivity index (χ4v) is 2.52. The summed E-state index contributed by atoms with van der Waals surface area (Å²) < 4.78 is 0.494. The van der Waals surface area contributed by atoms with Crippen LogP contribution in [0, 0.1) is 0 Å². The summed E-state index contributed by atoms with van der Waals surface area (Å²) in [7, 11) is 0. The van der Waals surface area contributed by atoms with Crippen molar-refractivity contribution >= 4 is 46.3 Å². The summed E-state index contributed by atoms with van der Waals surface area (Å²) in [5.41, 5.74) is 0.0784. The molecule has 90 valence electrons. The molecule has 7 heteroatoms. The molecule has 0 aliphatic carbocycles. The normalized spacial score (nSPS) is 19.8. The molecule has 1 unspecified atom stereocenters. The summed E-state index contributed by atoms with van der Waals surface area (Å²) in [6.45, 7) is 0.486. The van der Waals surface area contributed by atoms with Crippen molar-refractivity contribution in [1.29, 1.82) is 0 Å². The Morgan fingerprint density at radius 1 is 1.65 bits per heavy atom. The number of carboxylic acid groups (broad SMARTS) is 1. The highest BCUT2D eigenvalue weighted by atomic mass is 79.9. The van der Waals surface area contributed by atoms with Gasteiger partial charge in [-0.15, -0.1) is 0 Å². The number of rotatable bonds is 2. The van der Waals surface area contributed by atoms with Crippen LogP contribution in [0.4, 0.5) is 5.82 Å². The molecule has 2 heterocycles. The molecule has 0 radical (unpaired) electrons. The van der Waals surface area contributed by atoms with E-state index in [1.54, 1.807) is 0 Å². The third-order valence-electron chi connectivity index (χ3n) is 2.43. The number of halogens is 1. The zero-order chi connectivity index (χ0) is 12.6. The van der Waals surface area contributed by atoms with Crippen molar-refractivity contribution < 1.29 is 14.7 Å². The lowest BCUT2D eigenvalue weighted by molar-refractivity contribution is -0.117. The Balaban J connectivity index is 2.34. The van der Waals surface area contributed by atoms with Crippen molar-refractivity contribution in [1.82, 2.24) is 4.98 Å². The predicted molar refractivity (Wildman–Crippen MR) is 68.6 cm³/mol. The molecule has 1 fully saturated rings. The minimum absolute atomic E-state index is 0.00431. The topological polar surface area (TPSA) is 70.5 Å². The van der Waals surface area contributed by atoms with E-state index in [1.807, 2.05) is 0 Å². The molecular weight excluding hydrogens is 308 g/mol. The van der Waals surface area contributed by atoms with Crippen LogP contribution < -0.4 is 4.90 Å². The molecular formula is C10H9BrN2O3S. The molecule has 0 spiro atoms. The van der Waals surface area contributed by atoms with Gasteiger partial charge in [0.2, 0.25) is 5.91 Å². The van der Waals surface area contributed by atoms with Gasteiger partial charge in [-0.05, 0) is 22.0 Å². The third-order valence-corrected chi connectivity index (χ3v) is 3.36. The van der Waals surface area contributed by atoms with Crippen LogP contribution >= 0.6 is 28.6 Å². The van der Waals surface area contributed by atoms with E-state index in [1.165, 1.54) is 17.2 Å². The number of aromatic nitrogens is 1. The van der Waals surface area contributed by atoms with E-state index < -0.39 is 5.97 Å². The van der Waals surface area contributed by atoms with E-state index in [9.17, 15) is 9.59 Å². The number of hydrogen-bond acceptors (Lipinski definition) is 4. The Morgan fingerprint density at radius 2 is 2.35 bits per heavy atom. The SMILES string of the molecule is O=C(O)c1cnc(N2CC(S)CC2=O)c(Br)c1. The van der Waals surface area contributed by atoms with Crippen molar-refractivity contribution in [3.63, 3.8) is 0 Å². The van der Waals surface area contributed by atoms with Crippen LogP contribution in [0.5, 0.6) is 0 Å². The first kappa shape index (κ1) is 12.4. The van der Waals surface area contributed by atoms with Crippen LogP contribution in [0.2, 0.25) is 0 Å². The highest BCUT2D eigenvalue weighted by Crippen LogP contribution is 2.29. The van der Waals surface area contributed by atoms with Gasteiger partial charge in [-0.1, -0.05) is 0 Å². The summed E-state index contributed by atoms with van der Waals surface area (Å²) in [5, 5.41) is 8.80. The number of aromatic carboxylic acids is 1. The first-order chi connectivity index (χ1) is 7.99. The number of nitrogens with zero attached hydrogens (tertiary/aromatic N) is 2. The number of carbonyl (C=O) groups is 2. The minimum atomic E-state index is -1.05. The molecule has 0 bridgehead atoms. The van der Waals surface area contributed by atoms with Crippen molar-refractivity contribution in [2.75, 3.05) is 11.4 Å². The van der Waals surface area contributed by atoms with E-state index in [0.29, 0.717) is 23.3 Å². The maximum atomic E-state index is 11.7. The van der Waals surface area contributed by atoms with Crippen LogP contribution in [0.15, 0.2) is 16.7 Å². The van der Waals surface area contributed by atoms with Gasteiger partial charge in [0, 0.05) is 24.4 Å². The standard InChI is InChI=1S/C10H9BrN2O3S/c11-7-1-5(10(15)16)3-12-9(7)13-4-6(17)2-8(13)14/h1,3,6,17H,2,4H2,(H,15,16). The fourth-order valence-electron chi connectivity index (χ4n) is 1.64. The molecule has 1 amide bonds. The van der Waals surface area contributed by atoms with Crippen LogP contribution in [0.25, 0.3) is 0 Å². The number of pyridine rings is 1. The second-order valence-electron chi connectivity index (χ2n) is 3.70. The minimum Gasteiger partial charge on any atom is -0.478 e. The van der Waals surface area contributed by atoms with Gasteiger partial charge < -0.3 is 5.11 Å². The number of hydrogen-bond donors (Lipinski definition) is 2. The molecule has 17 heavy (non-hydrogen) atoms. The van der Waals surface area contributed by atoms with Crippen LogP contribution in [-0.4, -0.2) is 33.8 Å². The lowest BCUT2D eigenvalue weighted by Crippen LogP contribution is -2.26. The van der Waals surface area contributed by atoms with Crippen molar-refractivity contribution in [2.24, 2.45) is 0 Å². The second kappa shape index (κ2) is 4.66. The lowest BCUT2D eigenvalue weighted by atomic mass is 10.3. The van der Waals surface area contributed by atoms with Gasteiger partial charge in [-0.3, -0.25) is 9.69 Å². The molecule has 5 nitrogen and oxygen atoms in total. The highest BCUT2D eigenvalue weighted by molar-refractivity contribution is 9.10. The molecule has 0 aromatic carbocycles. The van der Waals surface area contributed by atoms with Crippen LogP contribution in [0.1, 0.15) is 16.8 Å². The average Bonchev–Trinajstić information content (AvgIpc) is 2.57. The average molecular weight is 317 g/mol. The Kier molecular flexibility index (Phi) is 3.39. The maximum Gasteiger partial charge on any atom is 0.337 e. The Labute approximate surface area is 111 Å². The second-order valence-corrected chi connectivity index (χ2v) is 5.28. The zero-order valence-corrected chi connectivity index (χ0v) is 11.1.